The minimum atomic E-state index is -0.378. The molecule has 0 radical (unpaired) electrons. The lowest BCUT2D eigenvalue weighted by Gasteiger charge is -2.28. The molecule has 9 nitrogen and oxygen atoms in total. The minimum Gasteiger partial charge on any atom is -0.497 e. The number of nitrogens with zero attached hydrogens (tertiary/aromatic N) is 3. The predicted molar refractivity (Wildman–Crippen MR) is 134 cm³/mol. The molecule has 0 saturated heterocycles. The van der Waals surface area contributed by atoms with Gasteiger partial charge < -0.3 is 24.4 Å². The van der Waals surface area contributed by atoms with E-state index in [4.69, 9.17) is 19.3 Å². The number of benzene rings is 2. The summed E-state index contributed by atoms with van der Waals surface area (Å²) in [5.41, 5.74) is 2.47. The van der Waals surface area contributed by atoms with Crippen LogP contribution in [0.2, 0.25) is 0 Å². The van der Waals surface area contributed by atoms with Crippen LogP contribution in [-0.2, 0) is 9.53 Å². The van der Waals surface area contributed by atoms with Crippen molar-refractivity contribution in [3.05, 3.63) is 59.7 Å². The quantitative estimate of drug-likeness (QED) is 0.560. The van der Waals surface area contributed by atoms with Gasteiger partial charge in [-0.05, 0) is 32.0 Å². The van der Waals surface area contributed by atoms with E-state index in [9.17, 15) is 9.59 Å². The van der Waals surface area contributed by atoms with Crippen molar-refractivity contribution in [2.45, 2.75) is 32.4 Å². The number of para-hydroxylation sites is 1. The summed E-state index contributed by atoms with van der Waals surface area (Å²) in [5, 5.41) is 9.03. The van der Waals surface area contributed by atoms with E-state index in [0.717, 1.165) is 16.8 Å². The lowest BCUT2D eigenvalue weighted by Crippen LogP contribution is -2.48. The molecule has 1 unspecified atom stereocenters. The van der Waals surface area contributed by atoms with Crippen molar-refractivity contribution in [1.29, 1.82) is 0 Å². The zero-order valence-electron chi connectivity index (χ0n) is 21.0. The SMILES string of the molecule is COCCN(CC(=O)N1N=C(c2cccc(OC)c2)CC1c1ccccc1OC)C(=O)NC(C)C. The van der Waals surface area contributed by atoms with Gasteiger partial charge in [-0.3, -0.25) is 4.79 Å². The smallest absolute Gasteiger partial charge is 0.318 e. The molecule has 0 aliphatic carbocycles. The molecule has 0 fully saturated rings. The summed E-state index contributed by atoms with van der Waals surface area (Å²) in [4.78, 5) is 27.8. The van der Waals surface area contributed by atoms with Gasteiger partial charge in [-0.15, -0.1) is 0 Å². The van der Waals surface area contributed by atoms with Crippen molar-refractivity contribution in [3.63, 3.8) is 0 Å². The van der Waals surface area contributed by atoms with Crippen molar-refractivity contribution in [1.82, 2.24) is 15.2 Å². The molecule has 0 aromatic heterocycles. The number of ether oxygens (including phenoxy) is 3. The fourth-order valence-electron chi connectivity index (χ4n) is 3.93. The highest BCUT2D eigenvalue weighted by molar-refractivity contribution is 6.03. The first-order chi connectivity index (χ1) is 16.9. The number of hydrogen-bond acceptors (Lipinski definition) is 6. The van der Waals surface area contributed by atoms with Crippen LogP contribution in [0.15, 0.2) is 53.6 Å². The molecule has 1 aliphatic heterocycles. The first-order valence-electron chi connectivity index (χ1n) is 11.6. The predicted octanol–water partition coefficient (Wildman–Crippen LogP) is 3.45. The number of nitrogens with one attached hydrogen (secondary N) is 1. The molecule has 1 heterocycles. The zero-order valence-corrected chi connectivity index (χ0v) is 21.0. The van der Waals surface area contributed by atoms with E-state index in [-0.39, 0.29) is 37.1 Å². The summed E-state index contributed by atoms with van der Waals surface area (Å²) >= 11 is 0. The molecule has 1 N–H and O–H groups in total. The molecule has 0 saturated carbocycles. The van der Waals surface area contributed by atoms with Gasteiger partial charge in [0.15, 0.2) is 0 Å². The van der Waals surface area contributed by atoms with Gasteiger partial charge in [0.05, 0.1) is 32.6 Å². The van der Waals surface area contributed by atoms with E-state index in [0.29, 0.717) is 24.5 Å². The van der Waals surface area contributed by atoms with Gasteiger partial charge in [-0.2, -0.15) is 5.10 Å². The molecular formula is C26H34N4O5. The number of hydrogen-bond donors (Lipinski definition) is 1. The second kappa shape index (κ2) is 12.2. The van der Waals surface area contributed by atoms with E-state index in [1.54, 1.807) is 21.3 Å². The number of rotatable bonds is 10. The molecule has 2 aromatic carbocycles. The Balaban J connectivity index is 1.94. The van der Waals surface area contributed by atoms with Crippen LogP contribution in [0, 0.1) is 0 Å². The summed E-state index contributed by atoms with van der Waals surface area (Å²) in [6, 6.07) is 14.4. The van der Waals surface area contributed by atoms with E-state index < -0.39 is 0 Å². The topological polar surface area (TPSA) is 92.7 Å². The van der Waals surface area contributed by atoms with Crippen molar-refractivity contribution in [2.24, 2.45) is 5.10 Å². The van der Waals surface area contributed by atoms with E-state index in [1.807, 2.05) is 62.4 Å². The molecule has 9 heteroatoms. The molecule has 35 heavy (non-hydrogen) atoms. The van der Waals surface area contributed by atoms with Gasteiger partial charge >= 0.3 is 6.03 Å². The maximum atomic E-state index is 13.6. The van der Waals surface area contributed by atoms with Gasteiger partial charge in [0.1, 0.15) is 18.0 Å². The molecule has 1 atom stereocenters. The third kappa shape index (κ3) is 6.51. The maximum absolute atomic E-state index is 13.6. The number of carbonyl (C=O) groups excluding carboxylic acids is 2. The van der Waals surface area contributed by atoms with Gasteiger partial charge in [0.2, 0.25) is 0 Å². The van der Waals surface area contributed by atoms with Gasteiger partial charge in [0.25, 0.3) is 5.91 Å². The number of carbonyl (C=O) groups is 2. The summed E-state index contributed by atoms with van der Waals surface area (Å²) in [7, 11) is 4.77. The number of urea groups is 1. The summed E-state index contributed by atoms with van der Waals surface area (Å²) < 4.78 is 16.1. The highest BCUT2D eigenvalue weighted by atomic mass is 16.5. The molecular weight excluding hydrogens is 448 g/mol. The lowest BCUT2D eigenvalue weighted by molar-refractivity contribution is -0.133. The number of amides is 3. The number of hydrazone groups is 1. The Bertz CT molecular complexity index is 1060. The minimum absolute atomic E-state index is 0.0616. The molecule has 0 spiro atoms. The largest absolute Gasteiger partial charge is 0.497 e. The van der Waals surface area contributed by atoms with Crippen molar-refractivity contribution in [2.75, 3.05) is 41.0 Å². The summed E-state index contributed by atoms with van der Waals surface area (Å²) in [6.45, 7) is 4.20. The standard InChI is InChI=1S/C26H34N4O5/c1-18(2)27-26(32)29(13-14-33-3)17-25(31)30-23(21-11-6-7-12-24(21)35-5)16-22(28-30)19-9-8-10-20(15-19)34-4/h6-12,15,18,23H,13-14,16-17H2,1-5H3,(H,27,32). The first kappa shape index (κ1) is 26.0. The van der Waals surface area contributed by atoms with Crippen LogP contribution >= 0.6 is 0 Å². The molecule has 3 rings (SSSR count). The molecule has 0 bridgehead atoms. The van der Waals surface area contributed by atoms with Crippen LogP contribution in [0.3, 0.4) is 0 Å². The lowest BCUT2D eigenvalue weighted by atomic mass is 9.97. The second-order valence-corrected chi connectivity index (χ2v) is 8.50. The summed E-state index contributed by atoms with van der Waals surface area (Å²) in [5.74, 6) is 1.08. The van der Waals surface area contributed by atoms with Crippen LogP contribution in [0.1, 0.15) is 37.4 Å². The average Bonchev–Trinajstić information content (AvgIpc) is 3.31. The second-order valence-electron chi connectivity index (χ2n) is 8.50. The van der Waals surface area contributed by atoms with Gasteiger partial charge in [-0.25, -0.2) is 9.80 Å². The highest BCUT2D eigenvalue weighted by Gasteiger charge is 2.36. The van der Waals surface area contributed by atoms with E-state index in [2.05, 4.69) is 5.32 Å². The Morgan fingerprint density at radius 1 is 1.11 bits per heavy atom. The molecule has 2 aromatic rings. The Hall–Kier alpha value is -3.59. The average molecular weight is 483 g/mol. The highest BCUT2D eigenvalue weighted by Crippen LogP contribution is 2.37. The molecule has 188 valence electrons. The third-order valence-electron chi connectivity index (χ3n) is 5.66. The monoisotopic (exact) mass is 482 g/mol. The maximum Gasteiger partial charge on any atom is 0.318 e. The van der Waals surface area contributed by atoms with Crippen LogP contribution < -0.4 is 14.8 Å². The van der Waals surface area contributed by atoms with Crippen molar-refractivity contribution in [3.8, 4) is 11.5 Å². The fourth-order valence-corrected chi connectivity index (χ4v) is 3.93. The third-order valence-corrected chi connectivity index (χ3v) is 5.66. The summed E-state index contributed by atoms with van der Waals surface area (Å²) in [6.07, 6.45) is 0.496. The van der Waals surface area contributed by atoms with Crippen LogP contribution in [0.25, 0.3) is 0 Å². The van der Waals surface area contributed by atoms with Crippen molar-refractivity contribution >= 4 is 17.6 Å². The van der Waals surface area contributed by atoms with Gasteiger partial charge in [-0.1, -0.05) is 30.3 Å². The van der Waals surface area contributed by atoms with Crippen molar-refractivity contribution < 1.29 is 23.8 Å². The fraction of sp³-hybridized carbons (Fsp3) is 0.423. The van der Waals surface area contributed by atoms with E-state index in [1.165, 1.54) is 9.91 Å². The first-order valence-corrected chi connectivity index (χ1v) is 11.6. The zero-order chi connectivity index (χ0) is 25.4. The van der Waals surface area contributed by atoms with Gasteiger partial charge in [0, 0.05) is 37.2 Å². The van der Waals surface area contributed by atoms with Crippen LogP contribution in [0.5, 0.6) is 11.5 Å². The van der Waals surface area contributed by atoms with Crippen LogP contribution in [0.4, 0.5) is 4.79 Å². The Labute approximate surface area is 206 Å². The molecule has 3 amide bonds. The Morgan fingerprint density at radius 2 is 1.89 bits per heavy atom. The van der Waals surface area contributed by atoms with E-state index >= 15 is 0 Å². The number of methoxy groups -OCH3 is 3. The van der Waals surface area contributed by atoms with Crippen LogP contribution in [-0.4, -0.2) is 74.6 Å². The Morgan fingerprint density at radius 3 is 2.57 bits per heavy atom. The normalized spacial score (nSPS) is 15.1. The molecule has 1 aliphatic rings. The Kier molecular flexibility index (Phi) is 9.08.